The van der Waals surface area contributed by atoms with E-state index in [0.29, 0.717) is 0 Å². The molecule has 0 saturated carbocycles. The van der Waals surface area contributed by atoms with Crippen LogP contribution in [0.3, 0.4) is 0 Å². The Balaban J connectivity index is 1.74. The van der Waals surface area contributed by atoms with Crippen LogP contribution in [0.15, 0.2) is 36.7 Å². The van der Waals surface area contributed by atoms with Crippen molar-refractivity contribution in [1.29, 1.82) is 0 Å². The smallest absolute Gasteiger partial charge is 0.161 e. The molecule has 0 aliphatic carbocycles. The van der Waals surface area contributed by atoms with E-state index < -0.39 is 0 Å². The summed E-state index contributed by atoms with van der Waals surface area (Å²) in [5, 5.41) is 8.32. The SMILES string of the molecule is CCC(c1ccc(C)cc1C)n1ccnc1-c1cc2n(n1)CCCNC2. The molecule has 1 aliphatic rings. The fourth-order valence-corrected chi connectivity index (χ4v) is 4.00. The molecule has 4 rings (SSSR count). The molecule has 2 aromatic heterocycles. The van der Waals surface area contributed by atoms with Gasteiger partial charge in [0.15, 0.2) is 5.82 Å². The summed E-state index contributed by atoms with van der Waals surface area (Å²) in [6, 6.07) is 9.18. The van der Waals surface area contributed by atoms with Crippen molar-refractivity contribution in [2.45, 2.75) is 52.7 Å². The van der Waals surface area contributed by atoms with E-state index in [9.17, 15) is 0 Å². The molecule has 5 nitrogen and oxygen atoms in total. The van der Waals surface area contributed by atoms with E-state index in [0.717, 1.165) is 44.0 Å². The first-order valence-corrected chi connectivity index (χ1v) is 9.55. The number of rotatable bonds is 4. The van der Waals surface area contributed by atoms with Crippen LogP contribution in [0, 0.1) is 13.8 Å². The average Bonchev–Trinajstić information content (AvgIpc) is 3.20. The van der Waals surface area contributed by atoms with Crippen LogP contribution in [0.1, 0.15) is 48.2 Å². The number of hydrogen-bond acceptors (Lipinski definition) is 3. The number of nitrogens with zero attached hydrogens (tertiary/aromatic N) is 4. The summed E-state index contributed by atoms with van der Waals surface area (Å²) in [5.41, 5.74) is 6.21. The van der Waals surface area contributed by atoms with Crippen molar-refractivity contribution >= 4 is 0 Å². The Labute approximate surface area is 155 Å². The first-order valence-electron chi connectivity index (χ1n) is 9.55. The summed E-state index contributed by atoms with van der Waals surface area (Å²) in [4.78, 5) is 4.66. The van der Waals surface area contributed by atoms with Gasteiger partial charge >= 0.3 is 0 Å². The molecule has 0 bridgehead atoms. The summed E-state index contributed by atoms with van der Waals surface area (Å²) in [7, 11) is 0. The maximum absolute atomic E-state index is 4.85. The number of hydrogen-bond donors (Lipinski definition) is 1. The van der Waals surface area contributed by atoms with Crippen LogP contribution in [-0.4, -0.2) is 25.9 Å². The van der Waals surface area contributed by atoms with Crippen LogP contribution < -0.4 is 5.32 Å². The van der Waals surface area contributed by atoms with Crippen LogP contribution in [0.5, 0.6) is 0 Å². The van der Waals surface area contributed by atoms with Crippen LogP contribution in [-0.2, 0) is 13.1 Å². The summed E-state index contributed by atoms with van der Waals surface area (Å²) < 4.78 is 4.42. The Morgan fingerprint density at radius 2 is 2.12 bits per heavy atom. The van der Waals surface area contributed by atoms with E-state index in [1.165, 1.54) is 22.4 Å². The van der Waals surface area contributed by atoms with Crippen molar-refractivity contribution in [2.75, 3.05) is 6.54 Å². The van der Waals surface area contributed by atoms with E-state index in [4.69, 9.17) is 5.10 Å². The number of nitrogens with one attached hydrogen (secondary N) is 1. The minimum Gasteiger partial charge on any atom is -0.322 e. The normalized spacial score (nSPS) is 15.5. The molecule has 3 aromatic rings. The molecule has 0 fully saturated rings. The third-order valence-electron chi connectivity index (χ3n) is 5.30. The number of benzene rings is 1. The van der Waals surface area contributed by atoms with Gasteiger partial charge < -0.3 is 9.88 Å². The second-order valence-electron chi connectivity index (χ2n) is 7.22. The highest BCUT2D eigenvalue weighted by Crippen LogP contribution is 2.30. The molecule has 0 radical (unpaired) electrons. The lowest BCUT2D eigenvalue weighted by Crippen LogP contribution is -2.12. The van der Waals surface area contributed by atoms with Crippen molar-refractivity contribution < 1.29 is 0 Å². The highest BCUT2D eigenvalue weighted by atomic mass is 15.3. The Hall–Kier alpha value is -2.40. The molecule has 1 aromatic carbocycles. The quantitative estimate of drug-likeness (QED) is 0.778. The topological polar surface area (TPSA) is 47.7 Å². The summed E-state index contributed by atoms with van der Waals surface area (Å²) >= 11 is 0. The second kappa shape index (κ2) is 7.08. The Morgan fingerprint density at radius 3 is 2.92 bits per heavy atom. The van der Waals surface area contributed by atoms with E-state index in [1.807, 2.05) is 6.20 Å². The molecular formula is C21H27N5. The Bertz CT molecular complexity index is 882. The first kappa shape index (κ1) is 17.0. The Kier molecular flexibility index (Phi) is 4.64. The highest BCUT2D eigenvalue weighted by Gasteiger charge is 2.21. The molecule has 26 heavy (non-hydrogen) atoms. The molecule has 0 saturated heterocycles. The third-order valence-corrected chi connectivity index (χ3v) is 5.30. The van der Waals surface area contributed by atoms with Gasteiger partial charge in [-0.15, -0.1) is 0 Å². The van der Waals surface area contributed by atoms with E-state index in [2.05, 4.69) is 70.8 Å². The molecule has 1 N–H and O–H groups in total. The predicted molar refractivity (Wildman–Crippen MR) is 104 cm³/mol. The molecular weight excluding hydrogens is 322 g/mol. The van der Waals surface area contributed by atoms with Crippen molar-refractivity contribution in [3.05, 3.63) is 59.0 Å². The van der Waals surface area contributed by atoms with Gasteiger partial charge in [0.1, 0.15) is 5.69 Å². The number of aromatic nitrogens is 4. The Morgan fingerprint density at radius 1 is 1.23 bits per heavy atom. The first-order chi connectivity index (χ1) is 12.7. The van der Waals surface area contributed by atoms with Gasteiger partial charge in [-0.05, 0) is 50.4 Å². The van der Waals surface area contributed by atoms with Crippen molar-refractivity contribution in [3.8, 4) is 11.5 Å². The summed E-state index contributed by atoms with van der Waals surface area (Å²) in [5.74, 6) is 0.956. The third kappa shape index (κ3) is 3.07. The zero-order valence-electron chi connectivity index (χ0n) is 15.9. The monoisotopic (exact) mass is 349 g/mol. The van der Waals surface area contributed by atoms with Crippen molar-refractivity contribution in [1.82, 2.24) is 24.6 Å². The maximum atomic E-state index is 4.85. The van der Waals surface area contributed by atoms with Crippen molar-refractivity contribution in [2.24, 2.45) is 0 Å². The molecule has 0 spiro atoms. The lowest BCUT2D eigenvalue weighted by molar-refractivity contribution is 0.563. The standard InChI is InChI=1S/C21H27N5/c1-4-20(18-7-6-15(2)12-16(18)3)25-11-9-23-21(25)19-13-17-14-22-8-5-10-26(17)24-19/h6-7,9,11-13,20,22H,4-5,8,10,14H2,1-3H3. The number of imidazole rings is 1. The van der Waals surface area contributed by atoms with Crippen LogP contribution in [0.25, 0.3) is 11.5 Å². The zero-order chi connectivity index (χ0) is 18.1. The van der Waals surface area contributed by atoms with Gasteiger partial charge in [-0.25, -0.2) is 4.98 Å². The van der Waals surface area contributed by atoms with E-state index in [-0.39, 0.29) is 6.04 Å². The van der Waals surface area contributed by atoms with Crippen molar-refractivity contribution in [3.63, 3.8) is 0 Å². The average molecular weight is 349 g/mol. The molecule has 3 heterocycles. The maximum Gasteiger partial charge on any atom is 0.161 e. The van der Waals surface area contributed by atoms with Gasteiger partial charge in [0.25, 0.3) is 0 Å². The van der Waals surface area contributed by atoms with Gasteiger partial charge in [-0.1, -0.05) is 30.7 Å². The summed E-state index contributed by atoms with van der Waals surface area (Å²) in [6.07, 6.45) is 6.11. The lowest BCUT2D eigenvalue weighted by Gasteiger charge is -2.21. The van der Waals surface area contributed by atoms with Gasteiger partial charge in [0, 0.05) is 25.5 Å². The minimum atomic E-state index is 0.271. The van der Waals surface area contributed by atoms with Crippen LogP contribution in [0.4, 0.5) is 0 Å². The van der Waals surface area contributed by atoms with Crippen LogP contribution in [0.2, 0.25) is 0 Å². The molecule has 1 atom stereocenters. The number of fused-ring (bicyclic) bond motifs is 1. The second-order valence-corrected chi connectivity index (χ2v) is 7.22. The molecule has 5 heteroatoms. The van der Waals surface area contributed by atoms with Crippen LogP contribution >= 0.6 is 0 Å². The fourth-order valence-electron chi connectivity index (χ4n) is 4.00. The summed E-state index contributed by atoms with van der Waals surface area (Å²) in [6.45, 7) is 9.48. The van der Waals surface area contributed by atoms with Gasteiger partial charge in [0.2, 0.25) is 0 Å². The number of aryl methyl sites for hydroxylation is 3. The predicted octanol–water partition coefficient (Wildman–Crippen LogP) is 3.86. The van der Waals surface area contributed by atoms with E-state index >= 15 is 0 Å². The molecule has 1 aliphatic heterocycles. The molecule has 1 unspecified atom stereocenters. The zero-order valence-corrected chi connectivity index (χ0v) is 15.9. The van der Waals surface area contributed by atoms with Gasteiger partial charge in [-0.2, -0.15) is 5.10 Å². The minimum absolute atomic E-state index is 0.271. The van der Waals surface area contributed by atoms with Gasteiger partial charge in [0.05, 0.1) is 11.7 Å². The van der Waals surface area contributed by atoms with Gasteiger partial charge in [-0.3, -0.25) is 4.68 Å². The molecule has 0 amide bonds. The fraction of sp³-hybridized carbons (Fsp3) is 0.429. The lowest BCUT2D eigenvalue weighted by atomic mass is 9.97. The largest absolute Gasteiger partial charge is 0.322 e. The molecule has 136 valence electrons. The van der Waals surface area contributed by atoms with E-state index in [1.54, 1.807) is 0 Å². The highest BCUT2D eigenvalue weighted by molar-refractivity contribution is 5.51.